The van der Waals surface area contributed by atoms with Crippen LogP contribution in [0, 0.1) is 0 Å². The Labute approximate surface area is 124 Å². The maximum Gasteiger partial charge on any atom is 0.228 e. The highest BCUT2D eigenvalue weighted by atomic mass is 32.2. The molecule has 6 heteroatoms. The Morgan fingerprint density at radius 2 is 2.30 bits per heavy atom. The van der Waals surface area contributed by atoms with E-state index in [1.54, 1.807) is 11.8 Å². The number of amides is 1. The number of likely N-dealkylation sites (tertiary alicyclic amines) is 1. The van der Waals surface area contributed by atoms with Crippen molar-refractivity contribution < 1.29 is 4.79 Å². The lowest BCUT2D eigenvalue weighted by Crippen LogP contribution is -2.40. The Bertz CT molecular complexity index is 448. The van der Waals surface area contributed by atoms with Gasteiger partial charge in [0, 0.05) is 37.9 Å². The number of amidine groups is 1. The van der Waals surface area contributed by atoms with Crippen LogP contribution < -0.4 is 5.73 Å². The molecule has 110 valence electrons. The number of aliphatic imine (C=N–C) groups is 1. The van der Waals surface area contributed by atoms with E-state index < -0.39 is 0 Å². The van der Waals surface area contributed by atoms with Gasteiger partial charge in [-0.15, -0.1) is 0 Å². The van der Waals surface area contributed by atoms with Gasteiger partial charge in [-0.05, 0) is 24.7 Å². The van der Waals surface area contributed by atoms with Crippen LogP contribution in [0.1, 0.15) is 32.1 Å². The van der Waals surface area contributed by atoms with Crippen molar-refractivity contribution in [2.75, 3.05) is 26.2 Å². The predicted octanol–water partition coefficient (Wildman–Crippen LogP) is 1.37. The van der Waals surface area contributed by atoms with Crippen LogP contribution in [0.15, 0.2) is 16.1 Å². The molecule has 0 aromatic rings. The van der Waals surface area contributed by atoms with Crippen LogP contribution in [0.2, 0.25) is 0 Å². The van der Waals surface area contributed by atoms with E-state index in [-0.39, 0.29) is 11.9 Å². The number of fused-ring (bicyclic) bond motifs is 1. The fourth-order valence-electron chi connectivity index (χ4n) is 2.94. The van der Waals surface area contributed by atoms with Crippen molar-refractivity contribution in [3.05, 3.63) is 11.1 Å². The number of hydrogen-bond donors (Lipinski definition) is 1. The lowest BCUT2D eigenvalue weighted by Gasteiger charge is -2.27. The van der Waals surface area contributed by atoms with Crippen LogP contribution in [0.4, 0.5) is 0 Å². The molecular formula is C14H22N4OS. The van der Waals surface area contributed by atoms with E-state index in [1.807, 2.05) is 4.90 Å². The topological polar surface area (TPSA) is 61.9 Å². The summed E-state index contributed by atoms with van der Waals surface area (Å²) in [6.45, 7) is 3.47. The van der Waals surface area contributed by atoms with Crippen LogP contribution in [-0.4, -0.2) is 53.1 Å². The van der Waals surface area contributed by atoms with E-state index in [4.69, 9.17) is 5.73 Å². The molecule has 20 heavy (non-hydrogen) atoms. The molecule has 3 heterocycles. The zero-order valence-electron chi connectivity index (χ0n) is 11.8. The Hall–Kier alpha value is -1.01. The van der Waals surface area contributed by atoms with Gasteiger partial charge in [-0.3, -0.25) is 9.79 Å². The number of carbonyl (C=O) groups excluding carboxylic acids is 1. The fraction of sp³-hybridized carbons (Fsp3) is 0.714. The first-order chi connectivity index (χ1) is 9.74. The summed E-state index contributed by atoms with van der Waals surface area (Å²) in [5.41, 5.74) is 7.14. The molecule has 3 rings (SSSR count). The van der Waals surface area contributed by atoms with E-state index >= 15 is 0 Å². The highest BCUT2D eigenvalue weighted by Crippen LogP contribution is 2.31. The summed E-state index contributed by atoms with van der Waals surface area (Å²) in [4.78, 5) is 21.1. The standard InChI is InChI=1S/C14H22N4OS/c15-11-4-1-2-6-17(9-11)13(19)8-12-10-20-14-16-5-3-7-18(12)14/h10-11H,1-9,15H2. The van der Waals surface area contributed by atoms with E-state index in [2.05, 4.69) is 15.3 Å². The third-order valence-corrected chi connectivity index (χ3v) is 5.01. The smallest absolute Gasteiger partial charge is 0.228 e. The second-order valence-corrected chi connectivity index (χ2v) is 6.51. The molecular weight excluding hydrogens is 272 g/mol. The van der Waals surface area contributed by atoms with Crippen molar-refractivity contribution in [3.63, 3.8) is 0 Å². The largest absolute Gasteiger partial charge is 0.341 e. The molecule has 1 amide bonds. The van der Waals surface area contributed by atoms with Crippen molar-refractivity contribution in [1.82, 2.24) is 9.80 Å². The normalized spacial score (nSPS) is 26.8. The summed E-state index contributed by atoms with van der Waals surface area (Å²) >= 11 is 1.65. The monoisotopic (exact) mass is 294 g/mol. The molecule has 2 N–H and O–H groups in total. The molecule has 1 saturated heterocycles. The summed E-state index contributed by atoms with van der Waals surface area (Å²) < 4.78 is 0. The van der Waals surface area contributed by atoms with Crippen LogP contribution in [0.25, 0.3) is 0 Å². The maximum atomic E-state index is 12.5. The molecule has 3 aliphatic rings. The van der Waals surface area contributed by atoms with Crippen LogP contribution >= 0.6 is 11.8 Å². The van der Waals surface area contributed by atoms with Gasteiger partial charge in [0.1, 0.15) is 0 Å². The van der Waals surface area contributed by atoms with Gasteiger partial charge in [0.25, 0.3) is 0 Å². The minimum Gasteiger partial charge on any atom is -0.341 e. The molecule has 0 aliphatic carbocycles. The first kappa shape index (κ1) is 13.9. The molecule has 0 bridgehead atoms. The van der Waals surface area contributed by atoms with Crippen LogP contribution in [-0.2, 0) is 4.79 Å². The predicted molar refractivity (Wildman–Crippen MR) is 82.3 cm³/mol. The molecule has 0 aromatic heterocycles. The highest BCUT2D eigenvalue weighted by Gasteiger charge is 2.28. The van der Waals surface area contributed by atoms with Gasteiger partial charge in [-0.2, -0.15) is 0 Å². The molecule has 1 fully saturated rings. The SMILES string of the molecule is NC1CCCCN(C(=O)CC2=CSC3=NCCCN23)C1. The third-order valence-electron chi connectivity index (χ3n) is 4.06. The summed E-state index contributed by atoms with van der Waals surface area (Å²) in [6.07, 6.45) is 4.80. The fourth-order valence-corrected chi connectivity index (χ4v) is 3.90. The summed E-state index contributed by atoms with van der Waals surface area (Å²) in [5, 5.41) is 3.14. The first-order valence-corrected chi connectivity index (χ1v) is 8.33. The number of carbonyl (C=O) groups is 1. The second-order valence-electron chi connectivity index (χ2n) is 5.67. The van der Waals surface area contributed by atoms with Gasteiger partial charge in [-0.1, -0.05) is 18.2 Å². The van der Waals surface area contributed by atoms with Crippen LogP contribution in [0.3, 0.4) is 0 Å². The minimum absolute atomic E-state index is 0.139. The van der Waals surface area contributed by atoms with Crippen molar-refractivity contribution in [2.45, 2.75) is 38.1 Å². The summed E-state index contributed by atoms with van der Waals surface area (Å²) in [5.74, 6) is 0.209. The average Bonchev–Trinajstić information content (AvgIpc) is 2.72. The van der Waals surface area contributed by atoms with E-state index in [0.29, 0.717) is 13.0 Å². The van der Waals surface area contributed by atoms with Gasteiger partial charge in [0.2, 0.25) is 5.91 Å². The van der Waals surface area contributed by atoms with Crippen molar-refractivity contribution >= 4 is 22.8 Å². The third kappa shape index (κ3) is 3.01. The number of rotatable bonds is 2. The first-order valence-electron chi connectivity index (χ1n) is 7.45. The Morgan fingerprint density at radius 3 is 3.20 bits per heavy atom. The number of hydrogen-bond acceptors (Lipinski definition) is 5. The van der Waals surface area contributed by atoms with Gasteiger partial charge in [0.15, 0.2) is 5.17 Å². The quantitative estimate of drug-likeness (QED) is 0.835. The Morgan fingerprint density at radius 1 is 1.40 bits per heavy atom. The lowest BCUT2D eigenvalue weighted by molar-refractivity contribution is -0.130. The van der Waals surface area contributed by atoms with E-state index in [1.165, 1.54) is 0 Å². The van der Waals surface area contributed by atoms with Crippen molar-refractivity contribution in [3.8, 4) is 0 Å². The highest BCUT2D eigenvalue weighted by molar-refractivity contribution is 8.16. The lowest BCUT2D eigenvalue weighted by atomic mass is 10.1. The molecule has 0 spiro atoms. The average molecular weight is 294 g/mol. The maximum absolute atomic E-state index is 12.5. The molecule has 1 unspecified atom stereocenters. The molecule has 0 aromatic carbocycles. The Balaban J connectivity index is 1.61. The zero-order valence-corrected chi connectivity index (χ0v) is 12.6. The summed E-state index contributed by atoms with van der Waals surface area (Å²) in [6, 6.07) is 0.139. The van der Waals surface area contributed by atoms with Gasteiger partial charge in [0.05, 0.1) is 6.42 Å². The second kappa shape index (κ2) is 6.18. The van der Waals surface area contributed by atoms with Crippen molar-refractivity contribution in [2.24, 2.45) is 10.7 Å². The molecule has 5 nitrogen and oxygen atoms in total. The van der Waals surface area contributed by atoms with Gasteiger partial charge >= 0.3 is 0 Å². The molecule has 1 atom stereocenters. The molecule has 3 aliphatic heterocycles. The molecule has 0 saturated carbocycles. The number of nitrogens with two attached hydrogens (primary N) is 1. The van der Waals surface area contributed by atoms with E-state index in [0.717, 1.165) is 56.2 Å². The minimum atomic E-state index is 0.139. The molecule has 0 radical (unpaired) electrons. The van der Waals surface area contributed by atoms with Crippen molar-refractivity contribution in [1.29, 1.82) is 0 Å². The number of thioether (sulfide) groups is 1. The van der Waals surface area contributed by atoms with E-state index in [9.17, 15) is 4.79 Å². The summed E-state index contributed by atoms with van der Waals surface area (Å²) in [7, 11) is 0. The van der Waals surface area contributed by atoms with Crippen LogP contribution in [0.5, 0.6) is 0 Å². The zero-order chi connectivity index (χ0) is 13.9. The van der Waals surface area contributed by atoms with Gasteiger partial charge < -0.3 is 15.5 Å². The van der Waals surface area contributed by atoms with Gasteiger partial charge in [-0.25, -0.2) is 0 Å². The number of nitrogens with zero attached hydrogens (tertiary/aromatic N) is 3. The Kier molecular flexibility index (Phi) is 4.31.